The summed E-state index contributed by atoms with van der Waals surface area (Å²) in [5.74, 6) is -0.312. The van der Waals surface area contributed by atoms with Crippen LogP contribution in [0.3, 0.4) is 0 Å². The predicted octanol–water partition coefficient (Wildman–Crippen LogP) is 1.76. The smallest absolute Gasteiger partial charge is 0.319 e. The number of esters is 1. The summed E-state index contributed by atoms with van der Waals surface area (Å²) in [6.45, 7) is 2.36. The summed E-state index contributed by atoms with van der Waals surface area (Å²) in [5.41, 5.74) is 0.709. The fourth-order valence-electron chi connectivity index (χ4n) is 1.21. The van der Waals surface area contributed by atoms with E-state index in [2.05, 4.69) is 10.6 Å². The molecule has 0 aromatic heterocycles. The Kier molecular flexibility index (Phi) is 5.57. The van der Waals surface area contributed by atoms with Crippen molar-refractivity contribution in [2.75, 3.05) is 18.5 Å². The van der Waals surface area contributed by atoms with Crippen LogP contribution in [-0.2, 0) is 9.53 Å². The number of anilines is 1. The second-order valence-corrected chi connectivity index (χ2v) is 3.30. The van der Waals surface area contributed by atoms with Crippen LogP contribution in [0.4, 0.5) is 10.5 Å². The molecule has 0 bridgehead atoms. The molecule has 5 heteroatoms. The van der Waals surface area contributed by atoms with Crippen LogP contribution in [0.25, 0.3) is 0 Å². The zero-order chi connectivity index (χ0) is 12.5. The van der Waals surface area contributed by atoms with Gasteiger partial charge in [0, 0.05) is 12.2 Å². The standard InChI is InChI=1S/C12H16N2O3/c1-2-17-11(15)8-9-13-12(16)14-10-6-4-3-5-7-10/h3-7H,2,8-9H2,1H3,(H2,13,14,16). The van der Waals surface area contributed by atoms with Crippen molar-refractivity contribution in [3.63, 3.8) is 0 Å². The molecule has 0 saturated carbocycles. The van der Waals surface area contributed by atoms with Gasteiger partial charge in [-0.3, -0.25) is 4.79 Å². The average molecular weight is 236 g/mol. The van der Waals surface area contributed by atoms with E-state index >= 15 is 0 Å². The third-order valence-electron chi connectivity index (χ3n) is 1.95. The molecule has 0 heterocycles. The molecule has 0 saturated heterocycles. The van der Waals surface area contributed by atoms with Gasteiger partial charge in [-0.15, -0.1) is 0 Å². The molecule has 2 amide bonds. The monoisotopic (exact) mass is 236 g/mol. The van der Waals surface area contributed by atoms with E-state index in [9.17, 15) is 9.59 Å². The molecule has 0 unspecified atom stereocenters. The largest absolute Gasteiger partial charge is 0.466 e. The van der Waals surface area contributed by atoms with Crippen LogP contribution < -0.4 is 10.6 Å². The van der Waals surface area contributed by atoms with Crippen molar-refractivity contribution in [3.8, 4) is 0 Å². The predicted molar refractivity (Wildman–Crippen MR) is 64.7 cm³/mol. The van der Waals surface area contributed by atoms with Crippen LogP contribution >= 0.6 is 0 Å². The zero-order valence-corrected chi connectivity index (χ0v) is 9.73. The van der Waals surface area contributed by atoms with Crippen LogP contribution in [0, 0.1) is 0 Å². The topological polar surface area (TPSA) is 67.4 Å². The summed E-state index contributed by atoms with van der Waals surface area (Å²) < 4.78 is 4.73. The normalized spacial score (nSPS) is 9.47. The number of ether oxygens (including phenoxy) is 1. The lowest BCUT2D eigenvalue weighted by molar-refractivity contribution is -0.142. The Labute approximate surface area is 100 Å². The van der Waals surface area contributed by atoms with E-state index < -0.39 is 0 Å². The highest BCUT2D eigenvalue weighted by Gasteiger charge is 2.04. The molecule has 92 valence electrons. The van der Waals surface area contributed by atoms with E-state index in [0.717, 1.165) is 0 Å². The number of para-hydroxylation sites is 1. The molecule has 2 N–H and O–H groups in total. The highest BCUT2D eigenvalue weighted by molar-refractivity contribution is 5.89. The zero-order valence-electron chi connectivity index (χ0n) is 9.73. The van der Waals surface area contributed by atoms with Crippen molar-refractivity contribution in [3.05, 3.63) is 30.3 Å². The van der Waals surface area contributed by atoms with Crippen molar-refractivity contribution < 1.29 is 14.3 Å². The summed E-state index contributed by atoms with van der Waals surface area (Å²) in [6.07, 6.45) is 0.177. The number of amides is 2. The maximum absolute atomic E-state index is 11.4. The first-order valence-corrected chi connectivity index (χ1v) is 5.48. The minimum atomic E-state index is -0.333. The SMILES string of the molecule is CCOC(=O)CCNC(=O)Nc1ccccc1. The Bertz CT molecular complexity index is 365. The Morgan fingerprint density at radius 3 is 2.59 bits per heavy atom. The number of carbonyl (C=O) groups excluding carboxylic acids is 2. The van der Waals surface area contributed by atoms with E-state index in [1.54, 1.807) is 19.1 Å². The van der Waals surface area contributed by atoms with Crippen LogP contribution in [0.5, 0.6) is 0 Å². The first kappa shape index (κ1) is 13.0. The highest BCUT2D eigenvalue weighted by Crippen LogP contribution is 2.03. The lowest BCUT2D eigenvalue weighted by atomic mass is 10.3. The quantitative estimate of drug-likeness (QED) is 0.765. The maximum Gasteiger partial charge on any atom is 0.319 e. The average Bonchev–Trinajstić information content (AvgIpc) is 2.30. The van der Waals surface area contributed by atoms with Gasteiger partial charge in [-0.25, -0.2) is 4.79 Å². The molecule has 0 aliphatic carbocycles. The number of nitrogens with one attached hydrogen (secondary N) is 2. The second-order valence-electron chi connectivity index (χ2n) is 3.30. The minimum Gasteiger partial charge on any atom is -0.466 e. The Hall–Kier alpha value is -2.04. The first-order chi connectivity index (χ1) is 8.22. The fourth-order valence-corrected chi connectivity index (χ4v) is 1.21. The van der Waals surface area contributed by atoms with Crippen molar-refractivity contribution in [1.29, 1.82) is 0 Å². The number of benzene rings is 1. The summed E-state index contributed by atoms with van der Waals surface area (Å²) in [4.78, 5) is 22.4. The van der Waals surface area contributed by atoms with Gasteiger partial charge in [0.2, 0.25) is 0 Å². The third kappa shape index (κ3) is 5.55. The summed E-state index contributed by atoms with van der Waals surface area (Å²) in [7, 11) is 0. The molecule has 0 fully saturated rings. The van der Waals surface area contributed by atoms with Crippen LogP contribution in [0.15, 0.2) is 30.3 Å². The van der Waals surface area contributed by atoms with Gasteiger partial charge in [-0.2, -0.15) is 0 Å². The maximum atomic E-state index is 11.4. The lowest BCUT2D eigenvalue weighted by Crippen LogP contribution is -2.30. The van der Waals surface area contributed by atoms with Crippen LogP contribution in [0.2, 0.25) is 0 Å². The number of hydrogen-bond donors (Lipinski definition) is 2. The molecule has 0 atom stereocenters. The molecular weight excluding hydrogens is 220 g/mol. The molecule has 17 heavy (non-hydrogen) atoms. The van der Waals surface area contributed by atoms with Gasteiger partial charge in [0.05, 0.1) is 13.0 Å². The molecule has 1 rings (SSSR count). The molecule has 0 aliphatic rings. The van der Waals surface area contributed by atoms with Gasteiger partial charge in [0.25, 0.3) is 0 Å². The minimum absolute atomic E-state index is 0.177. The molecule has 0 aliphatic heterocycles. The number of carbonyl (C=O) groups is 2. The van der Waals surface area contributed by atoms with Gasteiger partial charge < -0.3 is 15.4 Å². The van der Waals surface area contributed by atoms with Crippen molar-refractivity contribution in [2.45, 2.75) is 13.3 Å². The third-order valence-corrected chi connectivity index (χ3v) is 1.95. The Morgan fingerprint density at radius 2 is 1.94 bits per heavy atom. The van der Waals surface area contributed by atoms with E-state index in [0.29, 0.717) is 12.3 Å². The van der Waals surface area contributed by atoms with Gasteiger partial charge >= 0.3 is 12.0 Å². The van der Waals surface area contributed by atoms with Gasteiger partial charge in [0.15, 0.2) is 0 Å². The Balaban J connectivity index is 2.20. The van der Waals surface area contributed by atoms with Gasteiger partial charge in [-0.05, 0) is 19.1 Å². The number of hydrogen-bond acceptors (Lipinski definition) is 3. The molecule has 5 nitrogen and oxygen atoms in total. The van der Waals surface area contributed by atoms with Crippen molar-refractivity contribution in [1.82, 2.24) is 5.32 Å². The van der Waals surface area contributed by atoms with Crippen molar-refractivity contribution >= 4 is 17.7 Å². The second kappa shape index (κ2) is 7.27. The highest BCUT2D eigenvalue weighted by atomic mass is 16.5. The van der Waals surface area contributed by atoms with Crippen molar-refractivity contribution in [2.24, 2.45) is 0 Å². The summed E-state index contributed by atoms with van der Waals surface area (Å²) in [6, 6.07) is 8.75. The molecule has 1 aromatic carbocycles. The van der Waals surface area contributed by atoms with Crippen LogP contribution in [-0.4, -0.2) is 25.2 Å². The molecule has 0 radical (unpaired) electrons. The fraction of sp³-hybridized carbons (Fsp3) is 0.333. The van der Waals surface area contributed by atoms with Gasteiger partial charge in [-0.1, -0.05) is 18.2 Å². The summed E-state index contributed by atoms with van der Waals surface area (Å²) in [5, 5.41) is 5.22. The van der Waals surface area contributed by atoms with Crippen LogP contribution in [0.1, 0.15) is 13.3 Å². The van der Waals surface area contributed by atoms with E-state index in [1.165, 1.54) is 0 Å². The van der Waals surface area contributed by atoms with Gasteiger partial charge in [0.1, 0.15) is 0 Å². The molecular formula is C12H16N2O3. The molecule has 1 aromatic rings. The number of urea groups is 1. The lowest BCUT2D eigenvalue weighted by Gasteiger charge is -2.07. The summed E-state index contributed by atoms with van der Waals surface area (Å²) >= 11 is 0. The Morgan fingerprint density at radius 1 is 1.24 bits per heavy atom. The first-order valence-electron chi connectivity index (χ1n) is 5.48. The molecule has 0 spiro atoms. The van der Waals surface area contributed by atoms with E-state index in [-0.39, 0.29) is 25.0 Å². The van der Waals surface area contributed by atoms with E-state index in [1.807, 2.05) is 18.2 Å². The van der Waals surface area contributed by atoms with E-state index in [4.69, 9.17) is 4.74 Å². The number of rotatable bonds is 5.